The molecule has 2 aliphatic heterocycles. The zero-order chi connectivity index (χ0) is 24.4. The van der Waals surface area contributed by atoms with Gasteiger partial charge >= 0.3 is 0 Å². The van der Waals surface area contributed by atoms with Gasteiger partial charge in [0.2, 0.25) is 5.91 Å². The molecule has 0 saturated carbocycles. The number of fused-ring (bicyclic) bond motifs is 1. The summed E-state index contributed by atoms with van der Waals surface area (Å²) >= 11 is 0. The molecule has 184 valence electrons. The Balaban J connectivity index is 1.39. The van der Waals surface area contributed by atoms with Crippen LogP contribution in [0.25, 0.3) is 22.3 Å². The molecule has 2 aliphatic rings. The maximum atomic E-state index is 12.6. The van der Waals surface area contributed by atoms with Gasteiger partial charge in [-0.15, -0.1) is 10.2 Å². The van der Waals surface area contributed by atoms with Crippen LogP contribution >= 0.6 is 0 Å². The Bertz CT molecular complexity index is 1220. The van der Waals surface area contributed by atoms with E-state index in [2.05, 4.69) is 33.9 Å². The van der Waals surface area contributed by atoms with Gasteiger partial charge in [0, 0.05) is 60.4 Å². The first-order valence-electron chi connectivity index (χ1n) is 12.6. The van der Waals surface area contributed by atoms with E-state index in [0.29, 0.717) is 30.0 Å². The van der Waals surface area contributed by atoms with Crippen LogP contribution in [-0.4, -0.2) is 75.3 Å². The number of rotatable bonds is 8. The second-order valence-corrected chi connectivity index (χ2v) is 9.29. The number of carbonyl (C=O) groups excluding carboxylic acids is 1. The number of hydrogen-bond acceptors (Lipinski definition) is 6. The zero-order valence-electron chi connectivity index (χ0n) is 20.4. The largest absolute Gasteiger partial charge is 0.507 e. The molecule has 2 aromatic heterocycles. The number of phenolic OH excluding ortho intramolecular Hbond substituents is 1. The van der Waals surface area contributed by atoms with E-state index < -0.39 is 0 Å². The van der Waals surface area contributed by atoms with E-state index in [4.69, 9.17) is 4.74 Å². The number of benzene rings is 1. The maximum Gasteiger partial charge on any atom is 0.246 e. The second-order valence-electron chi connectivity index (χ2n) is 9.29. The smallest absolute Gasteiger partial charge is 0.246 e. The van der Waals surface area contributed by atoms with Crippen LogP contribution < -0.4 is 0 Å². The Morgan fingerprint density at radius 2 is 2.06 bits per heavy atom. The highest BCUT2D eigenvalue weighted by Gasteiger charge is 2.36. The summed E-state index contributed by atoms with van der Waals surface area (Å²) in [5, 5.41) is 20.1. The lowest BCUT2D eigenvalue weighted by molar-refractivity contribution is -0.130. The Morgan fingerprint density at radius 3 is 2.77 bits per heavy atom. The third-order valence-electron chi connectivity index (χ3n) is 7.18. The van der Waals surface area contributed by atoms with Gasteiger partial charge < -0.3 is 24.6 Å². The third kappa shape index (κ3) is 4.68. The number of likely N-dealkylation sites (N-methyl/N-ethyl adjacent to an activating group) is 1. The number of aromatic hydroxyl groups is 1. The molecule has 35 heavy (non-hydrogen) atoms. The van der Waals surface area contributed by atoms with E-state index in [-0.39, 0.29) is 23.7 Å². The summed E-state index contributed by atoms with van der Waals surface area (Å²) < 4.78 is 6.09. The molecule has 0 radical (unpaired) electrons. The van der Waals surface area contributed by atoms with E-state index in [1.165, 1.54) is 0 Å². The molecule has 1 aromatic carbocycles. The number of aromatic amines is 1. The van der Waals surface area contributed by atoms with Crippen molar-refractivity contribution in [2.75, 3.05) is 39.3 Å². The van der Waals surface area contributed by atoms with Crippen molar-refractivity contribution in [3.05, 3.63) is 53.7 Å². The number of nitrogens with one attached hydrogen (secondary N) is 1. The van der Waals surface area contributed by atoms with E-state index in [0.717, 1.165) is 55.7 Å². The fourth-order valence-electron chi connectivity index (χ4n) is 5.06. The Labute approximate surface area is 205 Å². The van der Waals surface area contributed by atoms with E-state index in [9.17, 15) is 9.90 Å². The standard InChI is InChI=1S/C27H33N5O3/c1-3-31(4-2)13-7-12-24(34)32-16-18(17-32)26-25(23-11-8-14-35-23)20-15-21(29-30-27(20)28-26)19-9-5-6-10-22(19)33/h5-7,9-10,12,15,18,23,33H,3-4,8,11,13-14,16-17H2,1-2H3,(H,28,30)/b12-7+/t23-/m1/s1. The Kier molecular flexibility index (Phi) is 6.83. The summed E-state index contributed by atoms with van der Waals surface area (Å²) in [6, 6.07) is 9.15. The number of H-pyrrole nitrogens is 1. The molecule has 3 aromatic rings. The number of likely N-dealkylation sites (tertiary alicyclic amines) is 1. The molecule has 2 saturated heterocycles. The number of ether oxygens (including phenoxy) is 1. The monoisotopic (exact) mass is 475 g/mol. The molecule has 2 fully saturated rings. The zero-order valence-corrected chi connectivity index (χ0v) is 20.4. The summed E-state index contributed by atoms with van der Waals surface area (Å²) in [7, 11) is 0. The van der Waals surface area contributed by atoms with Crippen LogP contribution in [0.2, 0.25) is 0 Å². The van der Waals surface area contributed by atoms with Gasteiger partial charge in [0.05, 0.1) is 11.8 Å². The van der Waals surface area contributed by atoms with Gasteiger partial charge in [0.15, 0.2) is 5.65 Å². The number of para-hydroxylation sites is 1. The predicted octanol–water partition coefficient (Wildman–Crippen LogP) is 4.01. The lowest BCUT2D eigenvalue weighted by Crippen LogP contribution is -2.48. The first-order chi connectivity index (χ1) is 17.1. The fraction of sp³-hybridized carbons (Fsp3) is 0.444. The molecule has 1 atom stereocenters. The minimum absolute atomic E-state index is 0.00103. The van der Waals surface area contributed by atoms with Crippen LogP contribution in [-0.2, 0) is 9.53 Å². The molecule has 2 N–H and O–H groups in total. The highest BCUT2D eigenvalue weighted by Crippen LogP contribution is 2.42. The lowest BCUT2D eigenvalue weighted by Gasteiger charge is -2.39. The molecule has 0 bridgehead atoms. The molecule has 8 heteroatoms. The Hall–Kier alpha value is -3.23. The van der Waals surface area contributed by atoms with Gasteiger partial charge in [-0.05, 0) is 44.1 Å². The van der Waals surface area contributed by atoms with Crippen molar-refractivity contribution in [3.63, 3.8) is 0 Å². The summed E-state index contributed by atoms with van der Waals surface area (Å²) in [5.41, 5.74) is 4.21. The second kappa shape index (κ2) is 10.2. The first kappa shape index (κ1) is 23.5. The number of amides is 1. The molecular weight excluding hydrogens is 442 g/mol. The van der Waals surface area contributed by atoms with Crippen LogP contribution in [0.3, 0.4) is 0 Å². The quantitative estimate of drug-likeness (QED) is 0.478. The highest BCUT2D eigenvalue weighted by molar-refractivity contribution is 5.89. The number of nitrogens with zero attached hydrogens (tertiary/aromatic N) is 4. The molecule has 4 heterocycles. The van der Waals surface area contributed by atoms with E-state index in [1.807, 2.05) is 29.2 Å². The molecule has 8 nitrogen and oxygen atoms in total. The van der Waals surface area contributed by atoms with Gasteiger partial charge in [0.1, 0.15) is 5.75 Å². The number of phenols is 1. The van der Waals surface area contributed by atoms with Crippen molar-refractivity contribution >= 4 is 16.9 Å². The number of carbonyl (C=O) groups is 1. The van der Waals surface area contributed by atoms with Crippen molar-refractivity contribution < 1.29 is 14.6 Å². The van der Waals surface area contributed by atoms with Gasteiger partial charge in [-0.3, -0.25) is 4.79 Å². The maximum absolute atomic E-state index is 12.6. The summed E-state index contributed by atoms with van der Waals surface area (Å²) in [6.07, 6.45) is 5.63. The van der Waals surface area contributed by atoms with Gasteiger partial charge in [0.25, 0.3) is 0 Å². The summed E-state index contributed by atoms with van der Waals surface area (Å²) in [5.74, 6) is 0.444. The van der Waals surface area contributed by atoms with Crippen LogP contribution in [0.1, 0.15) is 50.0 Å². The topological polar surface area (TPSA) is 94.6 Å². The van der Waals surface area contributed by atoms with E-state index >= 15 is 0 Å². The SMILES string of the molecule is CCN(CC)C/C=C/C(=O)N1CC(c2[nH]c3nnc(-c4ccccc4O)cc3c2[C@H]2CCCO2)C1. The summed E-state index contributed by atoms with van der Waals surface area (Å²) in [6.45, 7) is 9.07. The van der Waals surface area contributed by atoms with Gasteiger partial charge in [-0.2, -0.15) is 0 Å². The lowest BCUT2D eigenvalue weighted by atomic mass is 9.90. The molecular formula is C27H33N5O3. The number of hydrogen-bond donors (Lipinski definition) is 2. The van der Waals surface area contributed by atoms with Crippen molar-refractivity contribution in [3.8, 4) is 17.0 Å². The van der Waals surface area contributed by atoms with Crippen LogP contribution in [0, 0.1) is 0 Å². The normalized spacial score (nSPS) is 18.7. The fourth-order valence-corrected chi connectivity index (χ4v) is 5.06. The van der Waals surface area contributed by atoms with Gasteiger partial charge in [-0.1, -0.05) is 32.1 Å². The average molecular weight is 476 g/mol. The summed E-state index contributed by atoms with van der Waals surface area (Å²) in [4.78, 5) is 20.3. The van der Waals surface area contributed by atoms with Crippen LogP contribution in [0.5, 0.6) is 5.75 Å². The molecule has 5 rings (SSSR count). The minimum Gasteiger partial charge on any atom is -0.507 e. The van der Waals surface area contributed by atoms with Crippen LogP contribution in [0.15, 0.2) is 42.5 Å². The minimum atomic E-state index is -0.00103. The van der Waals surface area contributed by atoms with Crippen molar-refractivity contribution in [2.24, 2.45) is 0 Å². The third-order valence-corrected chi connectivity index (χ3v) is 7.18. The van der Waals surface area contributed by atoms with E-state index in [1.54, 1.807) is 18.2 Å². The highest BCUT2D eigenvalue weighted by atomic mass is 16.5. The number of aromatic nitrogens is 3. The molecule has 0 spiro atoms. The van der Waals surface area contributed by atoms with Gasteiger partial charge in [-0.25, -0.2) is 0 Å². The average Bonchev–Trinajstić information content (AvgIpc) is 3.48. The molecule has 1 amide bonds. The molecule has 0 aliphatic carbocycles. The predicted molar refractivity (Wildman–Crippen MR) is 135 cm³/mol. The van der Waals surface area contributed by atoms with Crippen molar-refractivity contribution in [1.29, 1.82) is 0 Å². The first-order valence-corrected chi connectivity index (χ1v) is 12.6. The molecule has 0 unspecified atom stereocenters. The van der Waals surface area contributed by atoms with Crippen LogP contribution in [0.4, 0.5) is 0 Å². The Morgan fingerprint density at radius 1 is 1.26 bits per heavy atom. The van der Waals surface area contributed by atoms with Crippen molar-refractivity contribution in [2.45, 2.75) is 38.7 Å². The van der Waals surface area contributed by atoms with Crippen molar-refractivity contribution in [1.82, 2.24) is 25.0 Å².